The predicted octanol–water partition coefficient (Wildman–Crippen LogP) is 3.46. The molecule has 1 N–H and O–H groups in total. The average Bonchev–Trinajstić information content (AvgIpc) is 2.90. The maximum Gasteiger partial charge on any atom is 0.359 e. The lowest BCUT2D eigenvalue weighted by molar-refractivity contribution is 0.00651. The zero-order valence-corrected chi connectivity index (χ0v) is 14.0. The van der Waals surface area contributed by atoms with E-state index in [9.17, 15) is 9.59 Å². The van der Waals surface area contributed by atoms with E-state index in [4.69, 9.17) is 9.47 Å². The molecule has 0 radical (unpaired) electrons. The van der Waals surface area contributed by atoms with Crippen molar-refractivity contribution >= 4 is 33.7 Å². The smallest absolute Gasteiger partial charge is 0.359 e. The van der Waals surface area contributed by atoms with Gasteiger partial charge in [-0.15, -0.1) is 0 Å². The van der Waals surface area contributed by atoms with E-state index in [1.165, 1.54) is 7.11 Å². The van der Waals surface area contributed by atoms with Gasteiger partial charge in [0.25, 0.3) is 0 Å². The van der Waals surface area contributed by atoms with E-state index in [0.29, 0.717) is 5.52 Å². The summed E-state index contributed by atoms with van der Waals surface area (Å²) in [5, 5.41) is 1.62. The Bertz CT molecular complexity index is 951. The number of benzene rings is 1. The van der Waals surface area contributed by atoms with Gasteiger partial charge in [-0.25, -0.2) is 14.6 Å². The molecule has 1 aromatic carbocycles. The summed E-state index contributed by atoms with van der Waals surface area (Å²) in [7, 11) is 1.27. The van der Waals surface area contributed by atoms with E-state index in [1.807, 2.05) is 24.3 Å². The number of esters is 2. The second-order valence-electron chi connectivity index (χ2n) is 6.44. The van der Waals surface area contributed by atoms with Crippen molar-refractivity contribution in [3.8, 4) is 0 Å². The summed E-state index contributed by atoms with van der Waals surface area (Å²) in [6, 6.07) is 9.20. The highest BCUT2D eigenvalue weighted by molar-refractivity contribution is 6.14. The van der Waals surface area contributed by atoms with Gasteiger partial charge >= 0.3 is 11.9 Å². The number of pyridine rings is 1. The number of carbonyl (C=O) groups is 2. The minimum Gasteiger partial charge on any atom is -0.464 e. The summed E-state index contributed by atoms with van der Waals surface area (Å²) in [6.07, 6.45) is 0. The number of aromatic nitrogens is 2. The molecule has 0 fully saturated rings. The number of fused-ring (bicyclic) bond motifs is 3. The molecule has 0 unspecified atom stereocenters. The van der Waals surface area contributed by atoms with Crippen molar-refractivity contribution in [3.05, 3.63) is 41.7 Å². The van der Waals surface area contributed by atoms with Crippen molar-refractivity contribution < 1.29 is 19.1 Å². The van der Waals surface area contributed by atoms with Gasteiger partial charge in [0.05, 0.1) is 12.6 Å². The molecule has 0 bridgehead atoms. The molecule has 124 valence electrons. The fraction of sp³-hybridized carbons (Fsp3) is 0.278. The standard InChI is InChI=1S/C18H18N2O4/c1-18(2,3)24-17(22)15-14-11(9-13(20-15)16(21)23-4)10-7-5-6-8-12(10)19-14/h5-9,19H,1-4H3. The molecule has 6 nitrogen and oxygen atoms in total. The minimum atomic E-state index is -0.668. The van der Waals surface area contributed by atoms with Crippen LogP contribution in [0.5, 0.6) is 0 Å². The van der Waals surface area contributed by atoms with Crippen molar-refractivity contribution in [2.24, 2.45) is 0 Å². The third-order valence-corrected chi connectivity index (χ3v) is 3.48. The zero-order valence-electron chi connectivity index (χ0n) is 14.0. The van der Waals surface area contributed by atoms with Crippen molar-refractivity contribution in [1.82, 2.24) is 9.97 Å². The quantitative estimate of drug-likeness (QED) is 0.729. The normalized spacial score (nSPS) is 11.7. The third kappa shape index (κ3) is 2.82. The molecule has 0 aliphatic rings. The Balaban J connectivity index is 2.29. The van der Waals surface area contributed by atoms with E-state index in [1.54, 1.807) is 26.8 Å². The molecule has 0 saturated heterocycles. The van der Waals surface area contributed by atoms with Crippen LogP contribution in [0.2, 0.25) is 0 Å². The van der Waals surface area contributed by atoms with Crippen LogP contribution in [0.1, 0.15) is 41.7 Å². The number of hydrogen-bond donors (Lipinski definition) is 1. The molecular weight excluding hydrogens is 308 g/mol. The zero-order chi connectivity index (χ0) is 17.5. The van der Waals surface area contributed by atoms with Gasteiger partial charge in [0.2, 0.25) is 0 Å². The van der Waals surface area contributed by atoms with Crippen LogP contribution in [0.3, 0.4) is 0 Å². The number of para-hydroxylation sites is 1. The Labute approximate surface area is 138 Å². The molecule has 0 saturated carbocycles. The van der Waals surface area contributed by atoms with Crippen LogP contribution < -0.4 is 0 Å². The molecule has 24 heavy (non-hydrogen) atoms. The van der Waals surface area contributed by atoms with E-state index in [-0.39, 0.29) is 11.4 Å². The van der Waals surface area contributed by atoms with Gasteiger partial charge in [-0.2, -0.15) is 0 Å². The number of nitrogens with zero attached hydrogens (tertiary/aromatic N) is 1. The van der Waals surface area contributed by atoms with Gasteiger partial charge in [0.1, 0.15) is 11.3 Å². The lowest BCUT2D eigenvalue weighted by atomic mass is 10.1. The summed E-state index contributed by atoms with van der Waals surface area (Å²) in [5.74, 6) is -1.20. The van der Waals surface area contributed by atoms with Gasteiger partial charge in [-0.05, 0) is 32.9 Å². The summed E-state index contributed by atoms with van der Waals surface area (Å²) >= 11 is 0. The first-order valence-corrected chi connectivity index (χ1v) is 7.53. The first-order chi connectivity index (χ1) is 11.3. The van der Waals surface area contributed by atoms with Crippen molar-refractivity contribution in [3.63, 3.8) is 0 Å². The highest BCUT2D eigenvalue weighted by atomic mass is 16.6. The fourth-order valence-electron chi connectivity index (χ4n) is 2.53. The number of rotatable bonds is 2. The van der Waals surface area contributed by atoms with Gasteiger partial charge in [-0.3, -0.25) is 0 Å². The Hall–Kier alpha value is -2.89. The second kappa shape index (κ2) is 5.63. The van der Waals surface area contributed by atoms with E-state index < -0.39 is 17.5 Å². The van der Waals surface area contributed by atoms with E-state index >= 15 is 0 Å². The number of nitrogens with one attached hydrogen (secondary N) is 1. The maximum atomic E-state index is 12.6. The molecule has 2 heterocycles. The lowest BCUT2D eigenvalue weighted by Gasteiger charge is -2.19. The molecule has 0 aliphatic carbocycles. The molecular formula is C18H18N2O4. The first kappa shape index (κ1) is 16.0. The summed E-state index contributed by atoms with van der Waals surface area (Å²) in [4.78, 5) is 31.8. The van der Waals surface area contributed by atoms with Crippen LogP contribution in [0.15, 0.2) is 30.3 Å². The molecule has 6 heteroatoms. The number of methoxy groups -OCH3 is 1. The third-order valence-electron chi connectivity index (χ3n) is 3.48. The number of carbonyl (C=O) groups excluding carboxylic acids is 2. The molecule has 3 aromatic rings. The Kier molecular flexibility index (Phi) is 3.75. The van der Waals surface area contributed by atoms with Crippen LogP contribution in [0.25, 0.3) is 21.8 Å². The number of H-pyrrole nitrogens is 1. The Morgan fingerprint density at radius 2 is 1.79 bits per heavy atom. The first-order valence-electron chi connectivity index (χ1n) is 7.53. The van der Waals surface area contributed by atoms with Crippen LogP contribution in [0, 0.1) is 0 Å². The topological polar surface area (TPSA) is 81.3 Å². The second-order valence-corrected chi connectivity index (χ2v) is 6.44. The largest absolute Gasteiger partial charge is 0.464 e. The van der Waals surface area contributed by atoms with Gasteiger partial charge in [-0.1, -0.05) is 18.2 Å². The molecule has 0 amide bonds. The van der Waals surface area contributed by atoms with Gasteiger partial charge in [0.15, 0.2) is 5.69 Å². The minimum absolute atomic E-state index is 0.0654. The SMILES string of the molecule is COC(=O)c1cc2c([nH]c3ccccc32)c(C(=O)OC(C)(C)C)n1. The maximum absolute atomic E-state index is 12.6. The lowest BCUT2D eigenvalue weighted by Crippen LogP contribution is -2.25. The van der Waals surface area contributed by atoms with E-state index in [2.05, 4.69) is 9.97 Å². The van der Waals surface area contributed by atoms with Crippen molar-refractivity contribution in [2.75, 3.05) is 7.11 Å². The van der Waals surface area contributed by atoms with Gasteiger partial charge in [0, 0.05) is 16.3 Å². The number of hydrogen-bond acceptors (Lipinski definition) is 5. The average molecular weight is 326 g/mol. The highest BCUT2D eigenvalue weighted by Crippen LogP contribution is 2.28. The van der Waals surface area contributed by atoms with Crippen molar-refractivity contribution in [1.29, 1.82) is 0 Å². The summed E-state index contributed by atoms with van der Waals surface area (Å²) < 4.78 is 10.2. The Morgan fingerprint density at radius 1 is 1.08 bits per heavy atom. The number of ether oxygens (including phenoxy) is 2. The van der Waals surface area contributed by atoms with Crippen molar-refractivity contribution in [2.45, 2.75) is 26.4 Å². The molecule has 0 aliphatic heterocycles. The Morgan fingerprint density at radius 3 is 2.46 bits per heavy atom. The fourth-order valence-corrected chi connectivity index (χ4v) is 2.53. The van der Waals surface area contributed by atoms with E-state index in [0.717, 1.165) is 16.3 Å². The monoisotopic (exact) mass is 326 g/mol. The van der Waals surface area contributed by atoms with Crippen LogP contribution in [-0.4, -0.2) is 34.6 Å². The summed E-state index contributed by atoms with van der Waals surface area (Å²) in [6.45, 7) is 5.33. The molecule has 2 aromatic heterocycles. The predicted molar refractivity (Wildman–Crippen MR) is 90.1 cm³/mol. The molecule has 3 rings (SSSR count). The van der Waals surface area contributed by atoms with Crippen LogP contribution >= 0.6 is 0 Å². The van der Waals surface area contributed by atoms with Gasteiger partial charge < -0.3 is 14.5 Å². The van der Waals surface area contributed by atoms with Crippen LogP contribution in [0.4, 0.5) is 0 Å². The number of aromatic amines is 1. The van der Waals surface area contributed by atoms with Crippen LogP contribution in [-0.2, 0) is 9.47 Å². The highest BCUT2D eigenvalue weighted by Gasteiger charge is 2.25. The molecule has 0 atom stereocenters. The summed E-state index contributed by atoms with van der Waals surface area (Å²) in [5.41, 5.74) is 0.854. The molecule has 0 spiro atoms.